The molecular weight excluding hydrogens is 212 g/mol. The molecule has 1 aromatic carbocycles. The number of para-hydroxylation sites is 1. The molecule has 3 N–H and O–H groups in total. The van der Waals surface area contributed by atoms with Gasteiger partial charge in [-0.25, -0.2) is 0 Å². The number of primary amides is 1. The summed E-state index contributed by atoms with van der Waals surface area (Å²) in [5, 5.41) is 1.23. The smallest absolute Gasteiger partial charge is 0.226 e. The molecule has 0 radical (unpaired) electrons. The normalized spacial score (nSPS) is 17.4. The molecule has 1 heterocycles. The van der Waals surface area contributed by atoms with Crippen molar-refractivity contribution in [3.63, 3.8) is 0 Å². The number of benzene rings is 1. The minimum Gasteiger partial charge on any atom is -0.369 e. The molecule has 0 saturated carbocycles. The third kappa shape index (κ3) is 1.82. The van der Waals surface area contributed by atoms with E-state index in [1.165, 1.54) is 10.9 Å². The van der Waals surface area contributed by atoms with Crippen LogP contribution in [0, 0.1) is 0 Å². The summed E-state index contributed by atoms with van der Waals surface area (Å²) in [6.07, 6.45) is 1.80. The van der Waals surface area contributed by atoms with Crippen molar-refractivity contribution in [1.82, 2.24) is 4.98 Å². The standard InChI is InChI=1S/C12H12N2O.C2H6/c13-12(15)9-6-5-8-7-3-1-2-4-10(7)14-11(8)9;1-2/h1-4,9,14H,5-6H2,(H2,13,15);1-2H3. The fourth-order valence-corrected chi connectivity index (χ4v) is 2.51. The highest BCUT2D eigenvalue weighted by molar-refractivity contribution is 5.90. The van der Waals surface area contributed by atoms with Crippen molar-refractivity contribution >= 4 is 16.8 Å². The number of H-pyrrole nitrogens is 1. The van der Waals surface area contributed by atoms with Crippen molar-refractivity contribution in [3.05, 3.63) is 35.5 Å². The second kappa shape index (κ2) is 4.62. The van der Waals surface area contributed by atoms with Gasteiger partial charge < -0.3 is 10.7 Å². The molecule has 1 aliphatic rings. The maximum absolute atomic E-state index is 11.2. The number of aromatic amines is 1. The molecule has 0 fully saturated rings. The van der Waals surface area contributed by atoms with E-state index in [9.17, 15) is 4.79 Å². The summed E-state index contributed by atoms with van der Waals surface area (Å²) in [5.41, 5.74) is 8.78. The summed E-state index contributed by atoms with van der Waals surface area (Å²) in [5.74, 6) is -0.340. The number of hydrogen-bond donors (Lipinski definition) is 2. The molecule has 3 rings (SSSR count). The van der Waals surface area contributed by atoms with E-state index in [-0.39, 0.29) is 11.8 Å². The zero-order valence-corrected chi connectivity index (χ0v) is 10.3. The molecule has 3 nitrogen and oxygen atoms in total. The second-order valence-electron chi connectivity index (χ2n) is 4.06. The summed E-state index contributed by atoms with van der Waals surface area (Å²) in [4.78, 5) is 14.5. The largest absolute Gasteiger partial charge is 0.369 e. The molecular formula is C14H18N2O. The average Bonchev–Trinajstić information content (AvgIpc) is 2.89. The van der Waals surface area contributed by atoms with Gasteiger partial charge in [-0.3, -0.25) is 4.79 Å². The Morgan fingerprint density at radius 1 is 1.35 bits per heavy atom. The van der Waals surface area contributed by atoms with Crippen LogP contribution in [-0.4, -0.2) is 10.9 Å². The predicted molar refractivity (Wildman–Crippen MR) is 69.9 cm³/mol. The van der Waals surface area contributed by atoms with Crippen molar-refractivity contribution in [2.75, 3.05) is 0 Å². The van der Waals surface area contributed by atoms with Gasteiger partial charge in [0, 0.05) is 16.6 Å². The summed E-state index contributed by atoms with van der Waals surface area (Å²) < 4.78 is 0. The van der Waals surface area contributed by atoms with E-state index < -0.39 is 0 Å². The number of fused-ring (bicyclic) bond motifs is 3. The summed E-state index contributed by atoms with van der Waals surface area (Å²) in [6.45, 7) is 4.00. The van der Waals surface area contributed by atoms with Crippen LogP contribution in [0.2, 0.25) is 0 Å². The van der Waals surface area contributed by atoms with Crippen LogP contribution in [0.4, 0.5) is 0 Å². The molecule has 0 bridgehead atoms. The lowest BCUT2D eigenvalue weighted by atomic mass is 10.1. The minimum atomic E-state index is -0.222. The second-order valence-corrected chi connectivity index (χ2v) is 4.06. The van der Waals surface area contributed by atoms with Gasteiger partial charge in [0.05, 0.1) is 5.92 Å². The van der Waals surface area contributed by atoms with Crippen LogP contribution in [0.1, 0.15) is 37.4 Å². The van der Waals surface area contributed by atoms with Gasteiger partial charge in [0.1, 0.15) is 0 Å². The highest BCUT2D eigenvalue weighted by Gasteiger charge is 2.29. The van der Waals surface area contributed by atoms with Gasteiger partial charge in [-0.1, -0.05) is 32.0 Å². The Kier molecular flexibility index (Phi) is 3.18. The highest BCUT2D eigenvalue weighted by atomic mass is 16.1. The first-order chi connectivity index (χ1) is 8.27. The average molecular weight is 230 g/mol. The van der Waals surface area contributed by atoms with Gasteiger partial charge in [0.15, 0.2) is 0 Å². The Bertz CT molecular complexity index is 542. The summed E-state index contributed by atoms with van der Waals surface area (Å²) >= 11 is 0. The van der Waals surface area contributed by atoms with E-state index in [0.29, 0.717) is 0 Å². The van der Waals surface area contributed by atoms with Crippen molar-refractivity contribution in [2.24, 2.45) is 5.73 Å². The Morgan fingerprint density at radius 2 is 2.06 bits per heavy atom. The lowest BCUT2D eigenvalue weighted by Gasteiger charge is -2.02. The highest BCUT2D eigenvalue weighted by Crippen LogP contribution is 2.37. The molecule has 17 heavy (non-hydrogen) atoms. The number of aryl methyl sites for hydroxylation is 1. The van der Waals surface area contributed by atoms with Crippen LogP contribution < -0.4 is 5.73 Å². The van der Waals surface area contributed by atoms with E-state index in [1.807, 2.05) is 32.0 Å². The van der Waals surface area contributed by atoms with E-state index >= 15 is 0 Å². The number of nitrogens with one attached hydrogen (secondary N) is 1. The molecule has 3 heteroatoms. The van der Waals surface area contributed by atoms with Gasteiger partial charge in [-0.2, -0.15) is 0 Å². The van der Waals surface area contributed by atoms with Gasteiger partial charge in [-0.05, 0) is 24.5 Å². The monoisotopic (exact) mass is 230 g/mol. The quantitative estimate of drug-likeness (QED) is 0.777. The number of carbonyl (C=O) groups is 1. The van der Waals surface area contributed by atoms with Crippen LogP contribution in [-0.2, 0) is 11.2 Å². The molecule has 0 aliphatic heterocycles. The fraction of sp³-hybridized carbons (Fsp3) is 0.357. The molecule has 1 aromatic heterocycles. The topological polar surface area (TPSA) is 58.9 Å². The van der Waals surface area contributed by atoms with E-state index in [0.717, 1.165) is 24.1 Å². The number of hydrogen-bond acceptors (Lipinski definition) is 1. The van der Waals surface area contributed by atoms with E-state index in [4.69, 9.17) is 5.73 Å². The lowest BCUT2D eigenvalue weighted by Crippen LogP contribution is -2.19. The van der Waals surface area contributed by atoms with Crippen LogP contribution in [0.25, 0.3) is 10.9 Å². The van der Waals surface area contributed by atoms with Crippen molar-refractivity contribution in [1.29, 1.82) is 0 Å². The third-order valence-electron chi connectivity index (χ3n) is 3.22. The molecule has 90 valence electrons. The van der Waals surface area contributed by atoms with E-state index in [2.05, 4.69) is 11.1 Å². The zero-order valence-electron chi connectivity index (χ0n) is 10.3. The van der Waals surface area contributed by atoms with Crippen molar-refractivity contribution in [2.45, 2.75) is 32.6 Å². The zero-order chi connectivity index (χ0) is 12.4. The fourth-order valence-electron chi connectivity index (χ4n) is 2.51. The third-order valence-corrected chi connectivity index (χ3v) is 3.22. The van der Waals surface area contributed by atoms with Crippen LogP contribution in [0.3, 0.4) is 0 Å². The number of amides is 1. The van der Waals surface area contributed by atoms with Gasteiger partial charge in [0.2, 0.25) is 5.91 Å². The number of aromatic nitrogens is 1. The number of carbonyl (C=O) groups excluding carboxylic acids is 1. The van der Waals surface area contributed by atoms with Crippen LogP contribution >= 0.6 is 0 Å². The molecule has 0 saturated heterocycles. The molecule has 1 atom stereocenters. The maximum atomic E-state index is 11.2. The maximum Gasteiger partial charge on any atom is 0.226 e. The lowest BCUT2D eigenvalue weighted by molar-refractivity contribution is -0.119. The Morgan fingerprint density at radius 3 is 2.76 bits per heavy atom. The van der Waals surface area contributed by atoms with Crippen molar-refractivity contribution in [3.8, 4) is 0 Å². The SMILES string of the molecule is CC.NC(=O)C1CCc2c1[nH]c1ccccc21. The first kappa shape index (κ1) is 11.7. The molecule has 1 amide bonds. The van der Waals surface area contributed by atoms with Crippen LogP contribution in [0.5, 0.6) is 0 Å². The predicted octanol–water partition coefficient (Wildman–Crippen LogP) is 2.71. The number of nitrogens with two attached hydrogens (primary N) is 1. The summed E-state index contributed by atoms with van der Waals surface area (Å²) in [6, 6.07) is 8.14. The Hall–Kier alpha value is -1.77. The first-order valence-electron chi connectivity index (χ1n) is 6.16. The Balaban J connectivity index is 0.000000514. The minimum absolute atomic E-state index is 0.118. The van der Waals surface area contributed by atoms with Gasteiger partial charge in [-0.15, -0.1) is 0 Å². The van der Waals surface area contributed by atoms with Gasteiger partial charge >= 0.3 is 0 Å². The van der Waals surface area contributed by atoms with Crippen LogP contribution in [0.15, 0.2) is 24.3 Å². The first-order valence-corrected chi connectivity index (χ1v) is 6.16. The number of rotatable bonds is 1. The molecule has 2 aromatic rings. The van der Waals surface area contributed by atoms with Gasteiger partial charge in [0.25, 0.3) is 0 Å². The Labute approximate surface area is 101 Å². The summed E-state index contributed by atoms with van der Waals surface area (Å²) in [7, 11) is 0. The van der Waals surface area contributed by atoms with Crippen molar-refractivity contribution < 1.29 is 4.79 Å². The van der Waals surface area contributed by atoms with E-state index in [1.54, 1.807) is 0 Å². The molecule has 1 unspecified atom stereocenters. The molecule has 0 spiro atoms. The molecule has 1 aliphatic carbocycles.